The van der Waals surface area contributed by atoms with E-state index < -0.39 is 15.5 Å². The largest absolute Gasteiger partial charge is 0.531 e. The number of hydrogen-bond acceptors (Lipinski definition) is 4. The highest BCUT2D eigenvalue weighted by atomic mass is 32.4. The quantitative estimate of drug-likeness (QED) is 0.603. The van der Waals surface area contributed by atoms with E-state index >= 15 is 0 Å². The van der Waals surface area contributed by atoms with Crippen LogP contribution in [0.3, 0.4) is 0 Å². The second kappa shape index (κ2) is 5.75. The third-order valence-electron chi connectivity index (χ3n) is 1.98. The van der Waals surface area contributed by atoms with Crippen LogP contribution in [0, 0.1) is 0 Å². The average molecular weight is 301 g/mol. The lowest BCUT2D eigenvalue weighted by atomic mass is 10.3. The van der Waals surface area contributed by atoms with E-state index in [1.165, 1.54) is 0 Å². The summed E-state index contributed by atoms with van der Waals surface area (Å²) in [5.74, 6) is 0.799. The average Bonchev–Trinajstić information content (AvgIpc) is 2.12. The molecule has 1 aromatic heterocycles. The first-order valence-electron chi connectivity index (χ1n) is 6.34. The van der Waals surface area contributed by atoms with Gasteiger partial charge in [-0.1, -0.05) is 26.6 Å². The highest BCUT2D eigenvalue weighted by molar-refractivity contribution is 8.28. The van der Waals surface area contributed by atoms with E-state index in [0.717, 1.165) is 23.0 Å². The minimum atomic E-state index is -1.62. The van der Waals surface area contributed by atoms with E-state index in [-0.39, 0.29) is 0 Å². The molecule has 0 spiro atoms. The molecule has 102 valence electrons. The third kappa shape index (κ3) is 5.54. The number of hydrogen-bond donors (Lipinski definition) is 0. The van der Waals surface area contributed by atoms with Crippen LogP contribution < -0.4 is 4.43 Å². The van der Waals surface area contributed by atoms with E-state index in [2.05, 4.69) is 56.2 Å². The molecule has 0 atom stereocenters. The highest BCUT2D eigenvalue weighted by Gasteiger charge is 2.22. The van der Waals surface area contributed by atoms with Crippen LogP contribution in [0.4, 0.5) is 0 Å². The van der Waals surface area contributed by atoms with Crippen molar-refractivity contribution in [1.29, 1.82) is 0 Å². The van der Waals surface area contributed by atoms with Gasteiger partial charge in [-0.25, -0.2) is 4.98 Å². The van der Waals surface area contributed by atoms with Gasteiger partial charge in [0.25, 0.3) is 0 Å². The maximum absolute atomic E-state index is 6.07. The molecule has 0 bridgehead atoms. The molecule has 3 nitrogen and oxygen atoms in total. The molecule has 0 aliphatic heterocycles. The molecule has 0 aliphatic carbocycles. The van der Waals surface area contributed by atoms with Crippen molar-refractivity contribution in [3.05, 3.63) is 11.8 Å². The van der Waals surface area contributed by atoms with Crippen LogP contribution >= 0.6 is 11.2 Å². The maximum Gasteiger partial charge on any atom is 0.244 e. The van der Waals surface area contributed by atoms with Crippen molar-refractivity contribution in [3.8, 4) is 5.88 Å². The zero-order valence-corrected chi connectivity index (χ0v) is 15.3. The van der Waals surface area contributed by atoms with Gasteiger partial charge in [-0.05, 0) is 26.1 Å². The zero-order chi connectivity index (χ0) is 14.0. The molecule has 1 rings (SSSR count). The van der Waals surface area contributed by atoms with Gasteiger partial charge < -0.3 is 4.43 Å². The van der Waals surface area contributed by atoms with Gasteiger partial charge >= 0.3 is 0 Å². The first-order valence-corrected chi connectivity index (χ1v) is 14.8. The summed E-state index contributed by atoms with van der Waals surface area (Å²) < 4.78 is 6.07. The van der Waals surface area contributed by atoms with Gasteiger partial charge in [-0.3, -0.25) is 0 Å². The predicted molar refractivity (Wildman–Crippen MR) is 84.6 cm³/mol. The summed E-state index contributed by atoms with van der Waals surface area (Å²) in [7, 11) is -2.88. The molecule has 1 aromatic rings. The van der Waals surface area contributed by atoms with Crippen LogP contribution in [0.2, 0.25) is 39.3 Å². The molecule has 0 unspecified atom stereocenters. The highest BCUT2D eigenvalue weighted by Crippen LogP contribution is 2.29. The first kappa shape index (κ1) is 15.7. The summed E-state index contributed by atoms with van der Waals surface area (Å²) in [6.45, 7) is 15.6. The Labute approximate surface area is 117 Å². The number of rotatable bonds is 5. The van der Waals surface area contributed by atoms with Gasteiger partial charge in [0, 0.05) is 11.8 Å². The van der Waals surface area contributed by atoms with Crippen LogP contribution in [-0.2, 0) is 6.42 Å². The van der Waals surface area contributed by atoms with Gasteiger partial charge in [0.05, 0.1) is 0 Å². The number of aryl methyl sites for hydroxylation is 1. The molecule has 0 aromatic carbocycles. The molecule has 0 fully saturated rings. The molecule has 1 heterocycles. The van der Waals surface area contributed by atoms with Crippen LogP contribution in [-0.4, -0.2) is 25.5 Å². The molecular formula is C12H24N2OSSi2. The van der Waals surface area contributed by atoms with Gasteiger partial charge in [-0.15, -0.1) is 11.2 Å². The minimum Gasteiger partial charge on any atom is -0.531 e. The van der Waals surface area contributed by atoms with E-state index in [0.29, 0.717) is 0 Å². The number of aromatic nitrogens is 2. The number of nitrogens with zero attached hydrogens (tertiary/aromatic N) is 2. The molecule has 6 heteroatoms. The Morgan fingerprint density at radius 3 is 2.22 bits per heavy atom. The second-order valence-corrected chi connectivity index (χ2v) is 19.8. The molecule has 0 saturated carbocycles. The Kier molecular flexibility index (Phi) is 5.02. The Hall–Kier alpha value is -0.336. The summed E-state index contributed by atoms with van der Waals surface area (Å²) in [5.41, 5.74) is 1.11. The molecular weight excluding hydrogens is 276 g/mol. The lowest BCUT2D eigenvalue weighted by Gasteiger charge is -2.21. The van der Waals surface area contributed by atoms with E-state index in [1.54, 1.807) is 0 Å². The van der Waals surface area contributed by atoms with Crippen molar-refractivity contribution in [2.75, 3.05) is 0 Å². The third-order valence-corrected chi connectivity index (χ3v) is 6.17. The molecule has 0 N–H and O–H groups in total. The Bertz CT molecular complexity index is 414. The van der Waals surface area contributed by atoms with Crippen molar-refractivity contribution in [1.82, 2.24) is 9.97 Å². The molecule has 18 heavy (non-hydrogen) atoms. The van der Waals surface area contributed by atoms with Crippen LogP contribution in [0.1, 0.15) is 12.5 Å². The van der Waals surface area contributed by atoms with Gasteiger partial charge in [-0.2, -0.15) is 4.98 Å². The lowest BCUT2D eigenvalue weighted by molar-refractivity contribution is 0.515. The van der Waals surface area contributed by atoms with Crippen molar-refractivity contribution in [2.24, 2.45) is 0 Å². The summed E-state index contributed by atoms with van der Waals surface area (Å²) in [6.07, 6.45) is 2.84. The summed E-state index contributed by atoms with van der Waals surface area (Å²) >= 11 is 1.81. The summed E-state index contributed by atoms with van der Waals surface area (Å²) in [6, 6.07) is 0. The SMILES string of the molecule is CCc1cnc(S[Si](C)(C)C)nc1O[Si](C)(C)C. The standard InChI is InChI=1S/C12H24N2OSSi2/c1-8-10-9-13-12(16-18(5,6)7)14-11(10)15-17(2,3)4/h9H,8H2,1-7H3. The normalized spacial score (nSPS) is 12.6. The van der Waals surface area contributed by atoms with Crippen LogP contribution in [0.15, 0.2) is 11.4 Å². The fourth-order valence-electron chi connectivity index (χ4n) is 1.32. The van der Waals surface area contributed by atoms with Crippen LogP contribution in [0.25, 0.3) is 0 Å². The first-order chi connectivity index (χ1) is 8.11. The van der Waals surface area contributed by atoms with Gasteiger partial charge in [0.1, 0.15) is 7.22 Å². The van der Waals surface area contributed by atoms with Crippen molar-refractivity contribution >= 4 is 26.8 Å². The fourth-order valence-corrected chi connectivity index (χ4v) is 4.80. The maximum atomic E-state index is 6.07. The van der Waals surface area contributed by atoms with Gasteiger partial charge in [0.2, 0.25) is 14.2 Å². The minimum absolute atomic E-state index is 0.799. The van der Waals surface area contributed by atoms with Crippen LogP contribution in [0.5, 0.6) is 5.88 Å². The smallest absolute Gasteiger partial charge is 0.244 e. The van der Waals surface area contributed by atoms with Crippen molar-refractivity contribution in [2.45, 2.75) is 57.8 Å². The van der Waals surface area contributed by atoms with Crippen molar-refractivity contribution < 1.29 is 4.43 Å². The zero-order valence-electron chi connectivity index (χ0n) is 12.5. The molecule has 0 aliphatic rings. The summed E-state index contributed by atoms with van der Waals surface area (Å²) in [5, 5.41) is 0.861. The van der Waals surface area contributed by atoms with E-state index in [1.807, 2.05) is 17.4 Å². The Morgan fingerprint density at radius 2 is 1.78 bits per heavy atom. The van der Waals surface area contributed by atoms with E-state index in [4.69, 9.17) is 4.43 Å². The van der Waals surface area contributed by atoms with E-state index in [9.17, 15) is 0 Å². The summed E-state index contributed by atoms with van der Waals surface area (Å²) in [4.78, 5) is 9.06. The predicted octanol–water partition coefficient (Wildman–Crippen LogP) is 4.18. The lowest BCUT2D eigenvalue weighted by Crippen LogP contribution is -2.30. The molecule has 0 amide bonds. The van der Waals surface area contributed by atoms with Crippen molar-refractivity contribution in [3.63, 3.8) is 0 Å². The fraction of sp³-hybridized carbons (Fsp3) is 0.667. The monoisotopic (exact) mass is 300 g/mol. The molecule has 0 radical (unpaired) electrons. The van der Waals surface area contributed by atoms with Gasteiger partial charge in [0.15, 0.2) is 5.16 Å². The topological polar surface area (TPSA) is 35.0 Å². The Morgan fingerprint density at radius 1 is 1.17 bits per heavy atom. The second-order valence-electron chi connectivity index (χ2n) is 6.27. The Balaban J connectivity index is 3.02. The molecule has 0 saturated heterocycles.